The van der Waals surface area contributed by atoms with E-state index in [-0.39, 0.29) is 0 Å². The van der Waals surface area contributed by atoms with Crippen LogP contribution in [0.25, 0.3) is 11.4 Å². The number of nitrogens with one attached hydrogen (secondary N) is 1. The fraction of sp³-hybridized carbons (Fsp3) is 0.538. The maximum atomic E-state index is 5.45. The molecule has 96 valence electrons. The first-order chi connectivity index (χ1) is 8.88. The first-order valence-electron chi connectivity index (χ1n) is 6.48. The first-order valence-corrected chi connectivity index (χ1v) is 7.42. The highest BCUT2D eigenvalue weighted by atomic mass is 32.1. The molecule has 0 bridgehead atoms. The summed E-state index contributed by atoms with van der Waals surface area (Å²) < 4.78 is 5.45. The molecule has 2 aromatic heterocycles. The van der Waals surface area contributed by atoms with Crippen molar-refractivity contribution in [1.29, 1.82) is 0 Å². The fourth-order valence-electron chi connectivity index (χ4n) is 2.66. The molecule has 18 heavy (non-hydrogen) atoms. The second-order valence-corrected chi connectivity index (χ2v) is 5.45. The van der Waals surface area contributed by atoms with Gasteiger partial charge in [-0.25, -0.2) is 0 Å². The highest BCUT2D eigenvalue weighted by molar-refractivity contribution is 7.08. The molecule has 1 aliphatic carbocycles. The molecule has 2 unspecified atom stereocenters. The van der Waals surface area contributed by atoms with Crippen molar-refractivity contribution in [3.8, 4) is 11.4 Å². The van der Waals surface area contributed by atoms with Gasteiger partial charge >= 0.3 is 0 Å². The molecule has 0 aromatic carbocycles. The van der Waals surface area contributed by atoms with Gasteiger partial charge in [-0.05, 0) is 30.8 Å². The monoisotopic (exact) mass is 263 g/mol. The summed E-state index contributed by atoms with van der Waals surface area (Å²) in [5, 5.41) is 11.7. The number of likely N-dealkylation sites (N-methyl/N-ethyl adjacent to an activating group) is 1. The van der Waals surface area contributed by atoms with Gasteiger partial charge in [0.15, 0.2) is 0 Å². The van der Waals surface area contributed by atoms with Gasteiger partial charge in [-0.2, -0.15) is 16.3 Å². The van der Waals surface area contributed by atoms with E-state index in [2.05, 4.69) is 22.4 Å². The molecule has 2 heterocycles. The Kier molecular flexibility index (Phi) is 3.43. The third-order valence-corrected chi connectivity index (χ3v) is 4.20. The zero-order valence-electron chi connectivity index (χ0n) is 10.4. The first kappa shape index (κ1) is 11.9. The lowest BCUT2D eigenvalue weighted by Gasteiger charge is -2.16. The molecule has 4 nitrogen and oxygen atoms in total. The molecular weight excluding hydrogens is 246 g/mol. The van der Waals surface area contributed by atoms with E-state index in [0.717, 1.165) is 24.4 Å². The largest absolute Gasteiger partial charge is 0.339 e. The van der Waals surface area contributed by atoms with Gasteiger partial charge in [0.05, 0.1) is 5.92 Å². The van der Waals surface area contributed by atoms with E-state index in [9.17, 15) is 0 Å². The van der Waals surface area contributed by atoms with E-state index in [4.69, 9.17) is 4.52 Å². The third-order valence-electron chi connectivity index (χ3n) is 3.52. The van der Waals surface area contributed by atoms with Crippen LogP contribution in [0.2, 0.25) is 0 Å². The van der Waals surface area contributed by atoms with Gasteiger partial charge in [-0.15, -0.1) is 0 Å². The van der Waals surface area contributed by atoms with Crippen molar-refractivity contribution in [2.24, 2.45) is 0 Å². The van der Waals surface area contributed by atoms with Crippen LogP contribution in [0.1, 0.15) is 38.0 Å². The van der Waals surface area contributed by atoms with Crippen LogP contribution in [0.15, 0.2) is 21.3 Å². The molecule has 0 radical (unpaired) electrons. The Morgan fingerprint density at radius 3 is 3.22 bits per heavy atom. The minimum Gasteiger partial charge on any atom is -0.339 e. The average molecular weight is 263 g/mol. The van der Waals surface area contributed by atoms with Gasteiger partial charge in [0.2, 0.25) is 11.7 Å². The maximum Gasteiger partial charge on any atom is 0.231 e. The maximum absolute atomic E-state index is 5.45. The molecule has 0 aliphatic heterocycles. The molecule has 1 aliphatic rings. The van der Waals surface area contributed by atoms with Crippen LogP contribution >= 0.6 is 11.3 Å². The molecular formula is C13H17N3OS. The molecule has 5 heteroatoms. The molecule has 1 N–H and O–H groups in total. The Balaban J connectivity index is 1.80. The van der Waals surface area contributed by atoms with Gasteiger partial charge in [-0.1, -0.05) is 18.5 Å². The van der Waals surface area contributed by atoms with Crippen molar-refractivity contribution in [2.75, 3.05) is 6.54 Å². The highest BCUT2D eigenvalue weighted by Crippen LogP contribution is 2.34. The predicted octanol–water partition coefficient (Wildman–Crippen LogP) is 3.04. The van der Waals surface area contributed by atoms with Crippen LogP contribution in [0.5, 0.6) is 0 Å². The minimum absolute atomic E-state index is 0.379. The summed E-state index contributed by atoms with van der Waals surface area (Å²) in [5.74, 6) is 1.89. The average Bonchev–Trinajstić information content (AvgIpc) is 3.10. The van der Waals surface area contributed by atoms with E-state index in [1.807, 2.05) is 16.8 Å². The minimum atomic E-state index is 0.379. The highest BCUT2D eigenvalue weighted by Gasteiger charge is 2.32. The Bertz CT molecular complexity index is 494. The number of rotatable bonds is 4. The topological polar surface area (TPSA) is 51.0 Å². The van der Waals surface area contributed by atoms with Crippen molar-refractivity contribution in [1.82, 2.24) is 15.5 Å². The van der Waals surface area contributed by atoms with Crippen molar-refractivity contribution in [3.05, 3.63) is 22.7 Å². The standard InChI is InChI=1S/C13H17N3OS/c1-2-14-11-5-3-4-10(11)13-15-12(16-17-13)9-6-7-18-8-9/h6-8,10-11,14H,2-5H2,1H3. The number of aromatic nitrogens is 2. The number of thiophene rings is 1. The van der Waals surface area contributed by atoms with E-state index >= 15 is 0 Å². The molecule has 3 rings (SSSR count). The second kappa shape index (κ2) is 5.20. The van der Waals surface area contributed by atoms with E-state index in [1.54, 1.807) is 11.3 Å². The lowest BCUT2D eigenvalue weighted by Crippen LogP contribution is -2.31. The Morgan fingerprint density at radius 1 is 1.50 bits per heavy atom. The molecule has 2 atom stereocenters. The van der Waals surface area contributed by atoms with Crippen LogP contribution < -0.4 is 5.32 Å². The van der Waals surface area contributed by atoms with Gasteiger partial charge in [0, 0.05) is 17.0 Å². The number of hydrogen-bond donors (Lipinski definition) is 1. The molecule has 1 fully saturated rings. The lowest BCUT2D eigenvalue weighted by molar-refractivity contribution is 0.332. The van der Waals surface area contributed by atoms with Gasteiger partial charge in [0.1, 0.15) is 0 Å². The predicted molar refractivity (Wildman–Crippen MR) is 71.7 cm³/mol. The molecule has 0 amide bonds. The van der Waals surface area contributed by atoms with Crippen LogP contribution in [0.4, 0.5) is 0 Å². The lowest BCUT2D eigenvalue weighted by atomic mass is 10.0. The molecule has 0 spiro atoms. The fourth-order valence-corrected chi connectivity index (χ4v) is 3.29. The number of hydrogen-bond acceptors (Lipinski definition) is 5. The van der Waals surface area contributed by atoms with E-state index in [0.29, 0.717) is 17.8 Å². The summed E-state index contributed by atoms with van der Waals surface area (Å²) in [6.45, 7) is 3.13. The summed E-state index contributed by atoms with van der Waals surface area (Å²) in [6.07, 6.45) is 3.58. The smallest absolute Gasteiger partial charge is 0.231 e. The summed E-state index contributed by atoms with van der Waals surface area (Å²) in [4.78, 5) is 4.56. The van der Waals surface area contributed by atoms with Crippen LogP contribution in [0, 0.1) is 0 Å². The van der Waals surface area contributed by atoms with Gasteiger partial charge < -0.3 is 9.84 Å². The molecule has 2 aromatic rings. The van der Waals surface area contributed by atoms with Crippen LogP contribution in [0.3, 0.4) is 0 Å². The zero-order chi connectivity index (χ0) is 12.4. The Morgan fingerprint density at radius 2 is 2.44 bits per heavy atom. The number of nitrogens with zero attached hydrogens (tertiary/aromatic N) is 2. The third kappa shape index (κ3) is 2.20. The van der Waals surface area contributed by atoms with Crippen molar-refractivity contribution in [2.45, 2.75) is 38.1 Å². The van der Waals surface area contributed by atoms with Gasteiger partial charge in [0.25, 0.3) is 0 Å². The quantitative estimate of drug-likeness (QED) is 0.921. The normalized spacial score (nSPS) is 23.6. The Labute approximate surface area is 110 Å². The second-order valence-electron chi connectivity index (χ2n) is 4.67. The van der Waals surface area contributed by atoms with Gasteiger partial charge in [-0.3, -0.25) is 0 Å². The summed E-state index contributed by atoms with van der Waals surface area (Å²) in [5.41, 5.74) is 1.05. The summed E-state index contributed by atoms with van der Waals surface area (Å²) >= 11 is 1.65. The van der Waals surface area contributed by atoms with E-state index in [1.165, 1.54) is 12.8 Å². The van der Waals surface area contributed by atoms with Crippen LogP contribution in [-0.2, 0) is 0 Å². The summed E-state index contributed by atoms with van der Waals surface area (Å²) in [7, 11) is 0. The van der Waals surface area contributed by atoms with Crippen molar-refractivity contribution >= 4 is 11.3 Å². The van der Waals surface area contributed by atoms with Crippen molar-refractivity contribution < 1.29 is 4.52 Å². The van der Waals surface area contributed by atoms with Crippen LogP contribution in [-0.4, -0.2) is 22.7 Å². The van der Waals surface area contributed by atoms with Crippen molar-refractivity contribution in [3.63, 3.8) is 0 Å². The molecule has 1 saturated carbocycles. The molecule has 0 saturated heterocycles. The summed E-state index contributed by atoms with van der Waals surface area (Å²) in [6, 6.07) is 2.51. The van der Waals surface area contributed by atoms with E-state index < -0.39 is 0 Å². The Hall–Kier alpha value is -1.20. The SMILES string of the molecule is CCNC1CCCC1c1nc(-c2ccsc2)no1. The zero-order valence-corrected chi connectivity index (χ0v) is 11.2.